The Kier molecular flexibility index (Phi) is 5.24. The topological polar surface area (TPSA) is 66.6 Å². The number of carbonyl (C=O) groups is 1. The molecule has 0 spiro atoms. The molecule has 1 saturated heterocycles. The monoisotopic (exact) mass is 276 g/mol. The third kappa shape index (κ3) is 3.72. The number of nitrogens with two attached hydrogens (primary N) is 1. The van der Waals surface area contributed by atoms with E-state index in [1.54, 1.807) is 6.92 Å². The molecule has 0 aliphatic carbocycles. The van der Waals surface area contributed by atoms with E-state index in [1.165, 1.54) is 0 Å². The number of amides is 1. The van der Waals surface area contributed by atoms with Crippen LogP contribution in [0.25, 0.3) is 0 Å². The summed E-state index contributed by atoms with van der Waals surface area (Å²) in [7, 11) is 0. The highest BCUT2D eigenvalue weighted by molar-refractivity contribution is 5.85. The number of β-amino-alcohol motifs (C(OH)–C–C–N with tert-alkyl or cyclic N) is 1. The van der Waals surface area contributed by atoms with Crippen molar-refractivity contribution < 1.29 is 23.1 Å². The third-order valence-corrected chi connectivity index (χ3v) is 2.62. The smallest absolute Gasteiger partial charge is 0.379 e. The van der Waals surface area contributed by atoms with Crippen LogP contribution in [-0.2, 0) is 4.79 Å². The van der Waals surface area contributed by atoms with Gasteiger partial charge in [-0.3, -0.25) is 4.79 Å². The minimum Gasteiger partial charge on any atom is -0.379 e. The summed E-state index contributed by atoms with van der Waals surface area (Å²) in [4.78, 5) is 12.4. The van der Waals surface area contributed by atoms with E-state index in [2.05, 4.69) is 0 Å². The average molecular weight is 277 g/mol. The van der Waals surface area contributed by atoms with E-state index in [0.717, 1.165) is 4.90 Å². The number of alkyl halides is 3. The predicted octanol–water partition coefficient (Wildman–Crippen LogP) is 0.671. The average Bonchev–Trinajstić information content (AvgIpc) is 2.46. The number of hydrogen-bond acceptors (Lipinski definition) is 3. The molecule has 0 bridgehead atoms. The van der Waals surface area contributed by atoms with E-state index in [9.17, 15) is 23.1 Å². The van der Waals surface area contributed by atoms with Gasteiger partial charge in [-0.25, -0.2) is 0 Å². The van der Waals surface area contributed by atoms with Gasteiger partial charge in [0.2, 0.25) is 5.91 Å². The summed E-state index contributed by atoms with van der Waals surface area (Å²) < 4.78 is 37.3. The Labute approximate surface area is 103 Å². The molecule has 1 aliphatic heterocycles. The molecule has 2 unspecified atom stereocenters. The van der Waals surface area contributed by atoms with Gasteiger partial charge in [0.15, 0.2) is 5.60 Å². The highest BCUT2D eigenvalue weighted by Gasteiger charge is 2.57. The summed E-state index contributed by atoms with van der Waals surface area (Å²) in [6.07, 6.45) is -5.18. The van der Waals surface area contributed by atoms with E-state index in [4.69, 9.17) is 5.73 Å². The van der Waals surface area contributed by atoms with E-state index in [0.29, 0.717) is 0 Å². The van der Waals surface area contributed by atoms with Crippen LogP contribution in [-0.4, -0.2) is 46.8 Å². The van der Waals surface area contributed by atoms with Crippen molar-refractivity contribution in [3.05, 3.63) is 0 Å². The predicted molar refractivity (Wildman–Crippen MR) is 57.7 cm³/mol. The highest BCUT2D eigenvalue weighted by Crippen LogP contribution is 2.37. The Morgan fingerprint density at radius 3 is 2.47 bits per heavy atom. The van der Waals surface area contributed by atoms with Crippen LogP contribution < -0.4 is 5.73 Å². The van der Waals surface area contributed by atoms with Crippen molar-refractivity contribution in [2.45, 2.75) is 37.6 Å². The molecule has 8 heteroatoms. The molecule has 0 aromatic rings. The quantitative estimate of drug-likeness (QED) is 0.779. The molecule has 0 radical (unpaired) electrons. The fourth-order valence-corrected chi connectivity index (χ4v) is 1.64. The summed E-state index contributed by atoms with van der Waals surface area (Å²) in [5.74, 6) is -0.449. The lowest BCUT2D eigenvalue weighted by Crippen LogP contribution is -2.48. The Balaban J connectivity index is 0.00000256. The maximum Gasteiger partial charge on any atom is 0.419 e. The zero-order chi connectivity index (χ0) is 12.6. The van der Waals surface area contributed by atoms with Crippen molar-refractivity contribution >= 4 is 18.3 Å². The molecule has 17 heavy (non-hydrogen) atoms. The zero-order valence-corrected chi connectivity index (χ0v) is 10.1. The number of nitrogens with zero attached hydrogens (tertiary/aromatic N) is 1. The van der Waals surface area contributed by atoms with Crippen molar-refractivity contribution in [1.29, 1.82) is 0 Å². The number of likely N-dealkylation sites (tertiary alicyclic amines) is 1. The van der Waals surface area contributed by atoms with Gasteiger partial charge in [0.1, 0.15) is 0 Å². The molecule has 0 aromatic carbocycles. The van der Waals surface area contributed by atoms with Gasteiger partial charge < -0.3 is 15.7 Å². The number of aliphatic hydroxyl groups is 1. The van der Waals surface area contributed by atoms with E-state index in [1.807, 2.05) is 0 Å². The maximum atomic E-state index is 12.4. The molecular formula is C9H16ClF3N2O2. The number of halogens is 4. The number of carbonyl (C=O) groups excluding carboxylic acids is 1. The second-order valence-electron chi connectivity index (χ2n) is 4.28. The molecule has 2 atom stereocenters. The lowest BCUT2D eigenvalue weighted by Gasteiger charge is -2.26. The van der Waals surface area contributed by atoms with Crippen LogP contribution in [0.2, 0.25) is 0 Å². The molecule has 4 nitrogen and oxygen atoms in total. The highest BCUT2D eigenvalue weighted by atomic mass is 35.5. The molecule has 0 saturated carbocycles. The SMILES string of the molecule is CC(N)CC(=O)N1CCC(O)(C(F)(F)F)C1.Cl. The van der Waals surface area contributed by atoms with Crippen LogP contribution >= 0.6 is 12.4 Å². The van der Waals surface area contributed by atoms with Crippen molar-refractivity contribution in [1.82, 2.24) is 4.90 Å². The van der Waals surface area contributed by atoms with Crippen molar-refractivity contribution in [2.24, 2.45) is 5.73 Å². The lowest BCUT2D eigenvalue weighted by atomic mass is 10.0. The fourth-order valence-electron chi connectivity index (χ4n) is 1.64. The van der Waals surface area contributed by atoms with E-state index >= 15 is 0 Å². The first-order valence-corrected chi connectivity index (χ1v) is 4.98. The van der Waals surface area contributed by atoms with Crippen molar-refractivity contribution in [3.8, 4) is 0 Å². The van der Waals surface area contributed by atoms with Crippen molar-refractivity contribution in [2.75, 3.05) is 13.1 Å². The molecule has 3 N–H and O–H groups in total. The standard InChI is InChI=1S/C9H15F3N2O2.ClH/c1-6(13)4-7(15)14-3-2-8(16,5-14)9(10,11)12;/h6,16H,2-5,13H2,1H3;1H. The Bertz CT molecular complexity index is 286. The van der Waals surface area contributed by atoms with Crippen LogP contribution in [0.3, 0.4) is 0 Å². The first-order chi connectivity index (χ1) is 7.16. The minimum absolute atomic E-state index is 0. The van der Waals surface area contributed by atoms with Crippen molar-refractivity contribution in [3.63, 3.8) is 0 Å². The van der Waals surface area contributed by atoms with E-state index < -0.39 is 36.7 Å². The molecule has 0 aromatic heterocycles. The third-order valence-electron chi connectivity index (χ3n) is 2.62. The summed E-state index contributed by atoms with van der Waals surface area (Å²) >= 11 is 0. The molecule has 1 fully saturated rings. The van der Waals surface area contributed by atoms with Gasteiger partial charge in [-0.2, -0.15) is 13.2 Å². The van der Waals surface area contributed by atoms with Gasteiger partial charge in [-0.1, -0.05) is 0 Å². The van der Waals surface area contributed by atoms with Gasteiger partial charge in [-0.05, 0) is 6.92 Å². The summed E-state index contributed by atoms with van der Waals surface area (Å²) in [5.41, 5.74) is 2.62. The molecule has 1 amide bonds. The van der Waals surface area contributed by atoms with Gasteiger partial charge in [-0.15, -0.1) is 12.4 Å². The Hall–Kier alpha value is -0.530. The zero-order valence-electron chi connectivity index (χ0n) is 9.33. The van der Waals surface area contributed by atoms with Crippen LogP contribution in [0, 0.1) is 0 Å². The second-order valence-corrected chi connectivity index (χ2v) is 4.28. The van der Waals surface area contributed by atoms with Crippen LogP contribution in [0.1, 0.15) is 19.8 Å². The molecular weight excluding hydrogens is 261 g/mol. The summed E-state index contributed by atoms with van der Waals surface area (Å²) in [5, 5.41) is 9.33. The lowest BCUT2D eigenvalue weighted by molar-refractivity contribution is -0.253. The molecule has 1 heterocycles. The first kappa shape index (κ1) is 16.5. The molecule has 102 valence electrons. The van der Waals surface area contributed by atoms with E-state index in [-0.39, 0.29) is 25.4 Å². The van der Waals surface area contributed by atoms with Crippen LogP contribution in [0.15, 0.2) is 0 Å². The Morgan fingerprint density at radius 1 is 1.59 bits per heavy atom. The largest absolute Gasteiger partial charge is 0.419 e. The molecule has 1 aliphatic rings. The summed E-state index contributed by atoms with van der Waals surface area (Å²) in [6, 6.07) is -0.396. The fraction of sp³-hybridized carbons (Fsp3) is 0.889. The van der Waals surface area contributed by atoms with Gasteiger partial charge in [0, 0.05) is 25.4 Å². The van der Waals surface area contributed by atoms with Crippen LogP contribution in [0.4, 0.5) is 13.2 Å². The van der Waals surface area contributed by atoms with Crippen LogP contribution in [0.5, 0.6) is 0 Å². The van der Waals surface area contributed by atoms with Gasteiger partial charge in [0.25, 0.3) is 0 Å². The Morgan fingerprint density at radius 2 is 2.12 bits per heavy atom. The maximum absolute atomic E-state index is 12.4. The molecule has 1 rings (SSSR count). The normalized spacial score (nSPS) is 26.6. The summed E-state index contributed by atoms with van der Waals surface area (Å²) in [6.45, 7) is 0.827. The van der Waals surface area contributed by atoms with Gasteiger partial charge in [0.05, 0.1) is 6.54 Å². The number of rotatable bonds is 2. The van der Waals surface area contributed by atoms with Gasteiger partial charge >= 0.3 is 6.18 Å². The number of hydrogen-bond donors (Lipinski definition) is 2. The first-order valence-electron chi connectivity index (χ1n) is 4.98. The minimum atomic E-state index is -4.70. The second kappa shape index (κ2) is 5.41.